The maximum Gasteiger partial charge on any atom is 0.217 e. The smallest absolute Gasteiger partial charge is 0.217 e. The number of nitrogens with zero attached hydrogens (tertiary/aromatic N) is 1. The van der Waals surface area contributed by atoms with Gasteiger partial charge in [0.1, 0.15) is 6.10 Å². The summed E-state index contributed by atoms with van der Waals surface area (Å²) in [5, 5.41) is 40.7. The van der Waals surface area contributed by atoms with Crippen LogP contribution in [0, 0.1) is 5.75 Å². The Bertz CT molecular complexity index is 271. The minimum atomic E-state index is -1.72. The molecule has 9 heteroatoms. The van der Waals surface area contributed by atoms with E-state index in [2.05, 4.69) is 10.6 Å². The molecule has 17 heavy (non-hydrogen) atoms. The Labute approximate surface area is 100 Å². The molecule has 0 amide bonds. The first kappa shape index (κ1) is 19.1. The van der Waals surface area contributed by atoms with Crippen molar-refractivity contribution in [3.63, 3.8) is 0 Å². The quantitative estimate of drug-likeness (QED) is 0.134. The van der Waals surface area contributed by atoms with Crippen LogP contribution in [0.25, 0.3) is 0 Å². The minimum Gasteiger partial charge on any atom is -0.393 e. The van der Waals surface area contributed by atoms with Gasteiger partial charge in [0.25, 0.3) is 0 Å². The standard InChI is InChI=1S/C5H11NO2P.C3H8O5/c1-6(2,3-4-7)5-9-8;4-1-2(5)3(6)8-7/h7H,3-4H2,1-2H3;2-7H,1H2/q+1;. The van der Waals surface area contributed by atoms with E-state index in [0.29, 0.717) is 11.0 Å². The van der Waals surface area contributed by atoms with Crippen LogP contribution in [0.4, 0.5) is 0 Å². The number of likely N-dealkylation sites (N-methyl/N-ethyl adjacent to an activating group) is 1. The van der Waals surface area contributed by atoms with Gasteiger partial charge in [-0.3, -0.25) is 0 Å². The zero-order chi connectivity index (χ0) is 13.9. The van der Waals surface area contributed by atoms with E-state index in [1.807, 2.05) is 14.1 Å². The zero-order valence-corrected chi connectivity index (χ0v) is 10.6. The van der Waals surface area contributed by atoms with Crippen LogP contribution in [0.1, 0.15) is 0 Å². The molecule has 2 atom stereocenters. The summed E-state index contributed by atoms with van der Waals surface area (Å²) in [6.45, 7) is -0.00745. The molecular formula is C8H19NO7P+. The molecule has 0 rings (SSSR count). The third-order valence-corrected chi connectivity index (χ3v) is 2.22. The fraction of sp³-hybridized carbons (Fsp3) is 0.875. The first-order valence-corrected chi connectivity index (χ1v) is 5.46. The summed E-state index contributed by atoms with van der Waals surface area (Å²) in [5.41, 5.74) is 0. The summed E-state index contributed by atoms with van der Waals surface area (Å²) in [6, 6.07) is 0. The molecule has 102 valence electrons. The number of quaternary nitrogens is 1. The van der Waals surface area contributed by atoms with Crippen molar-refractivity contribution in [2.45, 2.75) is 12.4 Å². The van der Waals surface area contributed by atoms with Gasteiger partial charge in [-0.2, -0.15) is 0 Å². The summed E-state index contributed by atoms with van der Waals surface area (Å²) < 4.78 is 10.3. The average Bonchev–Trinajstić information content (AvgIpc) is 2.27. The second-order valence-corrected chi connectivity index (χ2v) is 3.95. The number of aliphatic hydroxyl groups excluding tert-OH is 4. The molecule has 0 aromatic rings. The second kappa shape index (κ2) is 10.9. The predicted molar refractivity (Wildman–Crippen MR) is 58.4 cm³/mol. The number of hydrogen-bond acceptors (Lipinski definition) is 7. The van der Waals surface area contributed by atoms with Crippen molar-refractivity contribution < 1.29 is 39.6 Å². The van der Waals surface area contributed by atoms with E-state index < -0.39 is 19.0 Å². The van der Waals surface area contributed by atoms with Gasteiger partial charge in [0.2, 0.25) is 6.29 Å². The Balaban J connectivity index is 0. The molecule has 5 N–H and O–H groups in total. The van der Waals surface area contributed by atoms with E-state index in [1.165, 1.54) is 0 Å². The van der Waals surface area contributed by atoms with Crippen molar-refractivity contribution in [2.75, 3.05) is 33.9 Å². The van der Waals surface area contributed by atoms with Gasteiger partial charge >= 0.3 is 55.1 Å². The fourth-order valence-electron chi connectivity index (χ4n) is 0.571. The fourth-order valence-corrected chi connectivity index (χ4v) is 0.892. The minimum absolute atomic E-state index is 0.0928. The van der Waals surface area contributed by atoms with E-state index in [1.54, 1.807) is 0 Å². The largest absolute Gasteiger partial charge is 0.393 e. The summed E-state index contributed by atoms with van der Waals surface area (Å²) in [4.78, 5) is 3.25. The molecule has 0 bridgehead atoms. The van der Waals surface area contributed by atoms with Crippen LogP contribution in [0.15, 0.2) is 0 Å². The van der Waals surface area contributed by atoms with Gasteiger partial charge in [-0.05, 0) is 0 Å². The average molecular weight is 272 g/mol. The van der Waals surface area contributed by atoms with E-state index in [-0.39, 0.29) is 14.5 Å². The van der Waals surface area contributed by atoms with Crippen molar-refractivity contribution in [1.29, 1.82) is 0 Å². The van der Waals surface area contributed by atoms with Crippen LogP contribution in [0.3, 0.4) is 0 Å². The van der Waals surface area contributed by atoms with Crippen LogP contribution < -0.4 is 0 Å². The molecule has 0 aromatic heterocycles. The third kappa shape index (κ3) is 12.0. The summed E-state index contributed by atoms with van der Waals surface area (Å²) in [5.74, 6) is 2.62. The number of aliphatic hydroxyl groups is 4. The first-order chi connectivity index (χ1) is 7.84. The van der Waals surface area contributed by atoms with Crippen molar-refractivity contribution in [1.82, 2.24) is 0 Å². The van der Waals surface area contributed by atoms with Crippen molar-refractivity contribution in [3.05, 3.63) is 0 Å². The van der Waals surface area contributed by atoms with Gasteiger partial charge in [-0.15, -0.1) is 0 Å². The topological polar surface area (TPSA) is 127 Å². The molecule has 0 aromatic carbocycles. The molecule has 0 saturated heterocycles. The number of hydrogen-bond donors (Lipinski definition) is 5. The summed E-state index contributed by atoms with van der Waals surface area (Å²) in [7, 11) is 3.54. The van der Waals surface area contributed by atoms with E-state index in [9.17, 15) is 4.57 Å². The normalized spacial score (nSPS) is 14.1. The molecule has 8 nitrogen and oxygen atoms in total. The second-order valence-electron chi connectivity index (χ2n) is 3.57. The van der Waals surface area contributed by atoms with E-state index in [4.69, 9.17) is 25.7 Å². The van der Waals surface area contributed by atoms with Gasteiger partial charge in [0.15, 0.2) is 0 Å². The predicted octanol–water partition coefficient (Wildman–Crippen LogP) is -1.59. The molecule has 0 fully saturated rings. The molecule has 0 aliphatic heterocycles. The van der Waals surface area contributed by atoms with Gasteiger partial charge in [0, 0.05) is 0 Å². The molecule has 0 aliphatic carbocycles. The Kier molecular flexibility index (Phi) is 12.2. The Morgan fingerprint density at radius 2 is 1.88 bits per heavy atom. The molecule has 0 heterocycles. The van der Waals surface area contributed by atoms with Crippen LogP contribution in [0.2, 0.25) is 0 Å². The van der Waals surface area contributed by atoms with Gasteiger partial charge in [-0.1, -0.05) is 0 Å². The Hall–Kier alpha value is -0.270. The van der Waals surface area contributed by atoms with E-state index in [0.717, 1.165) is 0 Å². The SMILES string of the molecule is C[N+](C)(C#P=O)CCO.OCC(O)C(O)OO. The number of rotatable bonds is 5. The monoisotopic (exact) mass is 272 g/mol. The van der Waals surface area contributed by atoms with Crippen molar-refractivity contribution in [2.24, 2.45) is 0 Å². The van der Waals surface area contributed by atoms with Gasteiger partial charge in [-0.25, -0.2) is 10.1 Å². The zero-order valence-electron chi connectivity index (χ0n) is 9.72. The van der Waals surface area contributed by atoms with Gasteiger partial charge < -0.3 is 15.3 Å². The summed E-state index contributed by atoms with van der Waals surface area (Å²) in [6.07, 6.45) is -3.17. The van der Waals surface area contributed by atoms with Crippen molar-refractivity contribution in [3.8, 4) is 5.75 Å². The molecule has 0 radical (unpaired) electrons. The Morgan fingerprint density at radius 3 is 2.12 bits per heavy atom. The Morgan fingerprint density at radius 1 is 1.35 bits per heavy atom. The van der Waals surface area contributed by atoms with Gasteiger partial charge in [0.05, 0.1) is 6.61 Å². The maximum atomic E-state index is 9.98. The third-order valence-electron chi connectivity index (χ3n) is 1.59. The molecular weight excluding hydrogens is 253 g/mol. The molecule has 0 saturated carbocycles. The van der Waals surface area contributed by atoms with E-state index >= 15 is 0 Å². The van der Waals surface area contributed by atoms with Crippen LogP contribution >= 0.6 is 7.92 Å². The maximum absolute atomic E-state index is 9.98. The van der Waals surface area contributed by atoms with Crippen molar-refractivity contribution >= 4 is 7.92 Å². The van der Waals surface area contributed by atoms with Crippen LogP contribution in [-0.2, 0) is 9.45 Å². The molecule has 2 unspecified atom stereocenters. The first-order valence-electron chi connectivity index (χ1n) is 4.65. The molecule has 0 aliphatic rings. The molecule has 0 spiro atoms. The van der Waals surface area contributed by atoms with Crippen LogP contribution in [0.5, 0.6) is 0 Å². The summed E-state index contributed by atoms with van der Waals surface area (Å²) >= 11 is 0. The van der Waals surface area contributed by atoms with Crippen LogP contribution in [-0.4, -0.2) is 76.4 Å².